The first-order valence-corrected chi connectivity index (χ1v) is 8.10. The lowest BCUT2D eigenvalue weighted by molar-refractivity contribution is 1.20. The number of rotatable bonds is 2. The molecule has 2 nitrogen and oxygen atoms in total. The predicted molar refractivity (Wildman–Crippen MR) is 102 cm³/mol. The maximum atomic E-state index is 6.05. The normalized spacial score (nSPS) is 13.5. The van der Waals surface area contributed by atoms with E-state index in [0.717, 1.165) is 34.0 Å². The molecule has 0 aliphatic carbocycles. The zero-order valence-electron chi connectivity index (χ0n) is 13.0. The number of benzene rings is 3. The molecule has 0 fully saturated rings. The molecule has 0 bridgehead atoms. The predicted octanol–water partition coefficient (Wildman–Crippen LogP) is 6.13. The third-order valence-electron chi connectivity index (χ3n) is 4.03. The molecular formula is C21H15ClN2. The summed E-state index contributed by atoms with van der Waals surface area (Å²) in [6, 6.07) is 26.0. The Hall–Kier alpha value is -2.84. The van der Waals surface area contributed by atoms with E-state index in [-0.39, 0.29) is 0 Å². The number of fused-ring (bicyclic) bond motifs is 1. The summed E-state index contributed by atoms with van der Waals surface area (Å²) in [6.07, 6.45) is 0. The lowest BCUT2D eigenvalue weighted by atomic mass is 10.0. The molecule has 4 rings (SSSR count). The van der Waals surface area contributed by atoms with Crippen LogP contribution in [0.4, 0.5) is 17.1 Å². The SMILES string of the molecule is C=C1C(c2ccccc2)=Nc2ccccc2N1c1ccc(Cl)cc1. The van der Waals surface area contributed by atoms with Gasteiger partial charge in [-0.15, -0.1) is 0 Å². The van der Waals surface area contributed by atoms with Crippen LogP contribution < -0.4 is 4.90 Å². The first kappa shape index (κ1) is 14.7. The van der Waals surface area contributed by atoms with Crippen LogP contribution in [0.3, 0.4) is 0 Å². The van der Waals surface area contributed by atoms with Crippen LogP contribution in [0.25, 0.3) is 0 Å². The molecule has 3 aromatic rings. The number of aliphatic imine (C=N–C) groups is 1. The smallest absolute Gasteiger partial charge is 0.0944 e. The highest BCUT2D eigenvalue weighted by Gasteiger charge is 2.25. The van der Waals surface area contributed by atoms with Crippen molar-refractivity contribution in [3.8, 4) is 0 Å². The van der Waals surface area contributed by atoms with E-state index < -0.39 is 0 Å². The van der Waals surface area contributed by atoms with E-state index in [2.05, 4.69) is 29.7 Å². The summed E-state index contributed by atoms with van der Waals surface area (Å²) in [6.45, 7) is 4.31. The monoisotopic (exact) mass is 330 g/mol. The minimum Gasteiger partial charge on any atom is -0.307 e. The molecule has 0 radical (unpaired) electrons. The largest absolute Gasteiger partial charge is 0.307 e. The Morgan fingerprint density at radius 3 is 2.21 bits per heavy atom. The minimum absolute atomic E-state index is 0.714. The van der Waals surface area contributed by atoms with Crippen LogP contribution in [0.2, 0.25) is 5.02 Å². The Bertz CT molecular complexity index is 928. The van der Waals surface area contributed by atoms with E-state index in [1.54, 1.807) is 0 Å². The fourth-order valence-electron chi connectivity index (χ4n) is 2.90. The third-order valence-corrected chi connectivity index (χ3v) is 4.28. The van der Waals surface area contributed by atoms with E-state index in [9.17, 15) is 0 Å². The van der Waals surface area contributed by atoms with Crippen molar-refractivity contribution < 1.29 is 0 Å². The Labute approximate surface area is 146 Å². The van der Waals surface area contributed by atoms with Crippen molar-refractivity contribution in [1.29, 1.82) is 0 Å². The second-order valence-electron chi connectivity index (χ2n) is 5.57. The van der Waals surface area contributed by atoms with Gasteiger partial charge in [0.25, 0.3) is 0 Å². The zero-order valence-corrected chi connectivity index (χ0v) is 13.7. The Kier molecular flexibility index (Phi) is 3.68. The number of hydrogen-bond acceptors (Lipinski definition) is 2. The molecule has 0 unspecified atom stereocenters. The first-order chi connectivity index (χ1) is 11.7. The molecule has 3 aromatic carbocycles. The number of allylic oxidation sites excluding steroid dienone is 1. The molecule has 1 heterocycles. The van der Waals surface area contributed by atoms with Crippen LogP contribution in [-0.4, -0.2) is 5.71 Å². The average Bonchev–Trinajstić information content (AvgIpc) is 2.63. The van der Waals surface area contributed by atoms with Gasteiger partial charge in [-0.25, -0.2) is 4.99 Å². The molecule has 0 N–H and O–H groups in total. The summed E-state index contributed by atoms with van der Waals surface area (Å²) >= 11 is 6.05. The number of hydrogen-bond donors (Lipinski definition) is 0. The van der Waals surface area contributed by atoms with E-state index in [4.69, 9.17) is 16.6 Å². The molecular weight excluding hydrogens is 316 g/mol. The highest BCUT2D eigenvalue weighted by atomic mass is 35.5. The van der Waals surface area contributed by atoms with Gasteiger partial charge in [-0.05, 0) is 36.4 Å². The Morgan fingerprint density at radius 2 is 1.46 bits per heavy atom. The van der Waals surface area contributed by atoms with Gasteiger partial charge < -0.3 is 4.90 Å². The van der Waals surface area contributed by atoms with Gasteiger partial charge in [0.1, 0.15) is 0 Å². The fourth-order valence-corrected chi connectivity index (χ4v) is 3.02. The summed E-state index contributed by atoms with van der Waals surface area (Å²) in [5.41, 5.74) is 5.74. The van der Waals surface area contributed by atoms with Gasteiger partial charge in [-0.2, -0.15) is 0 Å². The molecule has 3 heteroatoms. The van der Waals surface area contributed by atoms with Crippen molar-refractivity contribution in [1.82, 2.24) is 0 Å². The third kappa shape index (κ3) is 2.51. The number of nitrogens with zero attached hydrogens (tertiary/aromatic N) is 2. The molecule has 0 saturated heterocycles. The van der Waals surface area contributed by atoms with E-state index >= 15 is 0 Å². The van der Waals surface area contributed by atoms with E-state index in [1.807, 2.05) is 60.7 Å². The van der Waals surface area contributed by atoms with E-state index in [1.165, 1.54) is 0 Å². The lowest BCUT2D eigenvalue weighted by Crippen LogP contribution is -2.25. The molecule has 0 amide bonds. The van der Waals surface area contributed by atoms with Gasteiger partial charge in [0.2, 0.25) is 0 Å². The molecule has 24 heavy (non-hydrogen) atoms. The van der Waals surface area contributed by atoms with Gasteiger partial charge in [-0.3, -0.25) is 0 Å². The molecule has 0 saturated carbocycles. The second kappa shape index (κ2) is 5.99. The van der Waals surface area contributed by atoms with Gasteiger partial charge in [-0.1, -0.05) is 60.6 Å². The van der Waals surface area contributed by atoms with Crippen molar-refractivity contribution in [2.24, 2.45) is 4.99 Å². The van der Waals surface area contributed by atoms with Crippen molar-refractivity contribution in [2.75, 3.05) is 4.90 Å². The van der Waals surface area contributed by atoms with Crippen LogP contribution in [-0.2, 0) is 0 Å². The Balaban J connectivity index is 1.90. The minimum atomic E-state index is 0.714. The van der Waals surface area contributed by atoms with Crippen LogP contribution in [0.5, 0.6) is 0 Å². The van der Waals surface area contributed by atoms with Gasteiger partial charge >= 0.3 is 0 Å². The first-order valence-electron chi connectivity index (χ1n) is 7.72. The lowest BCUT2D eigenvalue weighted by Gasteiger charge is -2.32. The molecule has 1 aliphatic heterocycles. The molecule has 1 aliphatic rings. The summed E-state index contributed by atoms with van der Waals surface area (Å²) < 4.78 is 0. The standard InChI is InChI=1S/C21H15ClN2/c1-15-21(16-7-3-2-4-8-16)23-19-9-5-6-10-20(19)24(15)18-13-11-17(22)12-14-18/h2-14H,1H2. The second-order valence-corrected chi connectivity index (χ2v) is 6.01. The van der Waals surface area contributed by atoms with Crippen molar-refractivity contribution in [3.05, 3.63) is 102 Å². The highest BCUT2D eigenvalue weighted by molar-refractivity contribution is 6.30. The van der Waals surface area contributed by atoms with Crippen LogP contribution in [0.15, 0.2) is 96.1 Å². The topological polar surface area (TPSA) is 15.6 Å². The van der Waals surface area contributed by atoms with Gasteiger partial charge in [0.05, 0.1) is 22.8 Å². The van der Waals surface area contributed by atoms with E-state index in [0.29, 0.717) is 5.02 Å². The molecule has 0 atom stereocenters. The van der Waals surface area contributed by atoms with Gasteiger partial charge in [0.15, 0.2) is 0 Å². The summed E-state index contributed by atoms with van der Waals surface area (Å²) in [4.78, 5) is 6.97. The molecule has 116 valence electrons. The van der Waals surface area contributed by atoms with Crippen LogP contribution in [0, 0.1) is 0 Å². The maximum Gasteiger partial charge on any atom is 0.0944 e. The summed E-state index contributed by atoms with van der Waals surface area (Å²) in [7, 11) is 0. The average molecular weight is 331 g/mol. The molecule has 0 aromatic heterocycles. The van der Waals surface area contributed by atoms with Crippen molar-refractivity contribution in [3.63, 3.8) is 0 Å². The quantitative estimate of drug-likeness (QED) is 0.552. The van der Waals surface area contributed by atoms with Crippen molar-refractivity contribution in [2.45, 2.75) is 0 Å². The summed E-state index contributed by atoms with van der Waals surface area (Å²) in [5, 5.41) is 0.714. The number of halogens is 1. The van der Waals surface area contributed by atoms with Crippen LogP contribution in [0.1, 0.15) is 5.56 Å². The van der Waals surface area contributed by atoms with Crippen molar-refractivity contribution >= 4 is 34.4 Å². The Morgan fingerprint density at radius 1 is 0.792 bits per heavy atom. The molecule has 0 spiro atoms. The van der Waals surface area contributed by atoms with Gasteiger partial charge in [0, 0.05) is 16.3 Å². The highest BCUT2D eigenvalue weighted by Crippen LogP contribution is 2.41. The fraction of sp³-hybridized carbons (Fsp3) is 0. The number of para-hydroxylation sites is 2. The summed E-state index contributed by atoms with van der Waals surface area (Å²) in [5.74, 6) is 0. The van der Waals surface area contributed by atoms with Crippen LogP contribution >= 0.6 is 11.6 Å². The number of anilines is 2. The maximum absolute atomic E-state index is 6.05. The zero-order chi connectivity index (χ0) is 16.5.